The van der Waals surface area contributed by atoms with E-state index in [0.29, 0.717) is 0 Å². The van der Waals surface area contributed by atoms with Gasteiger partial charge in [0.15, 0.2) is 0 Å². The van der Waals surface area contributed by atoms with Crippen molar-refractivity contribution in [2.45, 2.75) is 20.3 Å². The Kier molecular flexibility index (Phi) is 3.75. The van der Waals surface area contributed by atoms with E-state index in [1.807, 2.05) is 24.3 Å². The predicted molar refractivity (Wildman–Crippen MR) is 63.5 cm³/mol. The van der Waals surface area contributed by atoms with Crippen LogP contribution in [0.15, 0.2) is 43.0 Å². The standard InChI is InChI=1S/C13H19N/c1-4-13(2,3)10-11-14-12-8-6-5-7-9-12/h4-9,14H,1,10-11H2,2-3H3. The molecule has 0 radical (unpaired) electrons. The molecule has 0 aliphatic carbocycles. The molecule has 14 heavy (non-hydrogen) atoms. The summed E-state index contributed by atoms with van der Waals surface area (Å²) < 4.78 is 0. The van der Waals surface area contributed by atoms with E-state index in [-0.39, 0.29) is 5.41 Å². The van der Waals surface area contributed by atoms with Crippen molar-refractivity contribution in [3.05, 3.63) is 43.0 Å². The fraction of sp³-hybridized carbons (Fsp3) is 0.385. The number of anilines is 1. The van der Waals surface area contributed by atoms with Crippen LogP contribution in [0.3, 0.4) is 0 Å². The van der Waals surface area contributed by atoms with Crippen molar-refractivity contribution < 1.29 is 0 Å². The molecule has 0 fully saturated rings. The molecule has 0 bridgehead atoms. The third kappa shape index (κ3) is 3.65. The first-order chi connectivity index (χ1) is 6.64. The number of hydrogen-bond donors (Lipinski definition) is 1. The molecule has 1 aromatic rings. The van der Waals surface area contributed by atoms with Crippen LogP contribution in [0.1, 0.15) is 20.3 Å². The lowest BCUT2D eigenvalue weighted by Gasteiger charge is -2.19. The summed E-state index contributed by atoms with van der Waals surface area (Å²) in [5.41, 5.74) is 1.41. The molecular formula is C13H19N. The summed E-state index contributed by atoms with van der Waals surface area (Å²) in [6, 6.07) is 10.3. The first-order valence-corrected chi connectivity index (χ1v) is 5.06. The van der Waals surface area contributed by atoms with Crippen LogP contribution in [0.2, 0.25) is 0 Å². The molecule has 0 aliphatic heterocycles. The van der Waals surface area contributed by atoms with Crippen molar-refractivity contribution in [2.75, 3.05) is 11.9 Å². The first-order valence-electron chi connectivity index (χ1n) is 5.06. The second-order valence-electron chi connectivity index (χ2n) is 4.24. The highest BCUT2D eigenvalue weighted by Gasteiger charge is 2.11. The molecule has 0 heterocycles. The average molecular weight is 189 g/mol. The van der Waals surface area contributed by atoms with Crippen LogP contribution in [-0.4, -0.2) is 6.54 Å². The topological polar surface area (TPSA) is 12.0 Å². The van der Waals surface area contributed by atoms with Crippen molar-refractivity contribution >= 4 is 5.69 Å². The number of nitrogens with one attached hydrogen (secondary N) is 1. The normalized spacial score (nSPS) is 11.0. The van der Waals surface area contributed by atoms with Crippen LogP contribution in [0, 0.1) is 5.41 Å². The molecule has 0 atom stereocenters. The highest BCUT2D eigenvalue weighted by atomic mass is 14.9. The number of hydrogen-bond acceptors (Lipinski definition) is 1. The Labute approximate surface area is 86.8 Å². The van der Waals surface area contributed by atoms with Gasteiger partial charge in [-0.1, -0.05) is 38.1 Å². The van der Waals surface area contributed by atoms with Crippen LogP contribution in [0.5, 0.6) is 0 Å². The van der Waals surface area contributed by atoms with E-state index in [1.165, 1.54) is 5.69 Å². The molecule has 0 aliphatic rings. The van der Waals surface area contributed by atoms with E-state index >= 15 is 0 Å². The summed E-state index contributed by atoms with van der Waals surface area (Å²) in [5, 5.41) is 3.39. The van der Waals surface area contributed by atoms with Gasteiger partial charge in [-0.3, -0.25) is 0 Å². The molecule has 1 aromatic carbocycles. The lowest BCUT2D eigenvalue weighted by Crippen LogP contribution is -2.13. The van der Waals surface area contributed by atoms with Crippen LogP contribution < -0.4 is 5.32 Å². The maximum absolute atomic E-state index is 3.83. The molecule has 1 heteroatoms. The van der Waals surface area contributed by atoms with E-state index in [9.17, 15) is 0 Å². The number of benzene rings is 1. The average Bonchev–Trinajstić information content (AvgIpc) is 2.19. The summed E-state index contributed by atoms with van der Waals surface area (Å²) in [7, 11) is 0. The Morgan fingerprint density at radius 3 is 2.50 bits per heavy atom. The maximum Gasteiger partial charge on any atom is 0.0340 e. The molecule has 76 valence electrons. The summed E-state index contributed by atoms with van der Waals surface area (Å²) in [5.74, 6) is 0. The minimum Gasteiger partial charge on any atom is -0.385 e. The predicted octanol–water partition coefficient (Wildman–Crippen LogP) is 3.70. The fourth-order valence-electron chi connectivity index (χ4n) is 1.19. The molecule has 0 saturated carbocycles. The Hall–Kier alpha value is -1.24. The van der Waals surface area contributed by atoms with Gasteiger partial charge in [0, 0.05) is 12.2 Å². The van der Waals surface area contributed by atoms with Gasteiger partial charge in [-0.05, 0) is 24.0 Å². The molecule has 1 N–H and O–H groups in total. The second-order valence-corrected chi connectivity index (χ2v) is 4.24. The van der Waals surface area contributed by atoms with Crippen molar-refractivity contribution in [1.82, 2.24) is 0 Å². The van der Waals surface area contributed by atoms with Crippen molar-refractivity contribution in [3.8, 4) is 0 Å². The third-order valence-electron chi connectivity index (χ3n) is 2.42. The summed E-state index contributed by atoms with van der Waals surface area (Å²) in [4.78, 5) is 0. The van der Waals surface area contributed by atoms with Crippen LogP contribution in [-0.2, 0) is 0 Å². The van der Waals surface area contributed by atoms with E-state index in [2.05, 4.69) is 37.9 Å². The lowest BCUT2D eigenvalue weighted by molar-refractivity contribution is 0.453. The molecule has 0 amide bonds. The maximum atomic E-state index is 3.83. The summed E-state index contributed by atoms with van der Waals surface area (Å²) in [6.45, 7) is 9.22. The highest BCUT2D eigenvalue weighted by molar-refractivity contribution is 5.42. The minimum atomic E-state index is 0.224. The molecule has 0 aromatic heterocycles. The quantitative estimate of drug-likeness (QED) is 0.696. The zero-order valence-electron chi connectivity index (χ0n) is 9.09. The van der Waals surface area contributed by atoms with E-state index in [0.717, 1.165) is 13.0 Å². The summed E-state index contributed by atoms with van der Waals surface area (Å²) >= 11 is 0. The van der Waals surface area contributed by atoms with Crippen LogP contribution in [0.25, 0.3) is 0 Å². The second kappa shape index (κ2) is 4.85. The van der Waals surface area contributed by atoms with E-state index < -0.39 is 0 Å². The Morgan fingerprint density at radius 2 is 1.93 bits per heavy atom. The number of rotatable bonds is 5. The van der Waals surface area contributed by atoms with E-state index in [1.54, 1.807) is 0 Å². The van der Waals surface area contributed by atoms with E-state index in [4.69, 9.17) is 0 Å². The number of allylic oxidation sites excluding steroid dienone is 1. The zero-order chi connectivity index (χ0) is 10.4. The first kappa shape index (κ1) is 10.8. The van der Waals surface area contributed by atoms with Gasteiger partial charge >= 0.3 is 0 Å². The van der Waals surface area contributed by atoms with Gasteiger partial charge in [0.2, 0.25) is 0 Å². The van der Waals surface area contributed by atoms with Gasteiger partial charge in [0.1, 0.15) is 0 Å². The largest absolute Gasteiger partial charge is 0.385 e. The van der Waals surface area contributed by atoms with Crippen LogP contribution >= 0.6 is 0 Å². The fourth-order valence-corrected chi connectivity index (χ4v) is 1.19. The monoisotopic (exact) mass is 189 g/mol. The number of para-hydroxylation sites is 1. The lowest BCUT2D eigenvalue weighted by atomic mass is 9.90. The van der Waals surface area contributed by atoms with Gasteiger partial charge in [-0.2, -0.15) is 0 Å². The van der Waals surface area contributed by atoms with Gasteiger partial charge in [-0.25, -0.2) is 0 Å². The zero-order valence-corrected chi connectivity index (χ0v) is 9.09. The Bertz CT molecular complexity index is 275. The van der Waals surface area contributed by atoms with Gasteiger partial charge in [0.25, 0.3) is 0 Å². The highest BCUT2D eigenvalue weighted by Crippen LogP contribution is 2.21. The smallest absolute Gasteiger partial charge is 0.0340 e. The van der Waals surface area contributed by atoms with Gasteiger partial charge in [0.05, 0.1) is 0 Å². The minimum absolute atomic E-state index is 0.224. The Balaban J connectivity index is 2.32. The van der Waals surface area contributed by atoms with Crippen molar-refractivity contribution in [1.29, 1.82) is 0 Å². The van der Waals surface area contributed by atoms with Gasteiger partial charge < -0.3 is 5.32 Å². The Morgan fingerprint density at radius 1 is 1.29 bits per heavy atom. The van der Waals surface area contributed by atoms with Crippen LogP contribution in [0.4, 0.5) is 5.69 Å². The SMILES string of the molecule is C=CC(C)(C)CCNc1ccccc1. The van der Waals surface area contributed by atoms with Gasteiger partial charge in [-0.15, -0.1) is 6.58 Å². The van der Waals surface area contributed by atoms with Crippen molar-refractivity contribution in [2.24, 2.45) is 5.41 Å². The molecule has 0 saturated heterocycles. The molecule has 0 spiro atoms. The molecular weight excluding hydrogens is 170 g/mol. The third-order valence-corrected chi connectivity index (χ3v) is 2.42. The molecule has 1 nitrogen and oxygen atoms in total. The van der Waals surface area contributed by atoms with Crippen molar-refractivity contribution in [3.63, 3.8) is 0 Å². The molecule has 1 rings (SSSR count). The molecule has 0 unspecified atom stereocenters. The summed E-state index contributed by atoms with van der Waals surface area (Å²) in [6.07, 6.45) is 3.12.